The number of carbonyl (C=O) groups excluding carboxylic acids is 2. The number of aromatic hydroxyl groups is 1. The lowest BCUT2D eigenvalue weighted by atomic mass is 9.87. The molecule has 3 rings (SSSR count). The first-order chi connectivity index (χ1) is 14.9. The molecule has 2 aromatic rings. The van der Waals surface area contributed by atoms with Crippen molar-refractivity contribution in [2.75, 3.05) is 17.7 Å². The SMILES string of the molecule is CCOc1cc([C@@H]2CC(=O)NC(SCC(=O)Nc3ccccc3C)=C2C#N)ccc1O. The smallest absolute Gasteiger partial charge is 0.234 e. The molecule has 1 aliphatic rings. The van der Waals surface area contributed by atoms with Crippen molar-refractivity contribution in [3.8, 4) is 17.6 Å². The molecule has 0 radical (unpaired) electrons. The summed E-state index contributed by atoms with van der Waals surface area (Å²) in [4.78, 5) is 24.7. The summed E-state index contributed by atoms with van der Waals surface area (Å²) in [6.45, 7) is 4.08. The zero-order chi connectivity index (χ0) is 22.4. The summed E-state index contributed by atoms with van der Waals surface area (Å²) in [7, 11) is 0. The van der Waals surface area contributed by atoms with Crippen molar-refractivity contribution in [2.24, 2.45) is 0 Å². The van der Waals surface area contributed by atoms with Gasteiger partial charge >= 0.3 is 0 Å². The first kappa shape index (κ1) is 22.2. The zero-order valence-electron chi connectivity index (χ0n) is 17.3. The number of benzene rings is 2. The number of ether oxygens (including phenoxy) is 1. The fourth-order valence-electron chi connectivity index (χ4n) is 3.27. The van der Waals surface area contributed by atoms with Gasteiger partial charge in [-0.3, -0.25) is 9.59 Å². The molecule has 1 aliphatic heterocycles. The summed E-state index contributed by atoms with van der Waals surface area (Å²) >= 11 is 1.12. The molecule has 0 bridgehead atoms. The van der Waals surface area contributed by atoms with Gasteiger partial charge in [-0.05, 0) is 43.2 Å². The average Bonchev–Trinajstić information content (AvgIpc) is 2.75. The van der Waals surface area contributed by atoms with Gasteiger partial charge in [0.25, 0.3) is 0 Å². The number of aryl methyl sites for hydroxylation is 1. The Morgan fingerprint density at radius 2 is 2.13 bits per heavy atom. The number of amides is 2. The van der Waals surface area contributed by atoms with E-state index in [1.165, 1.54) is 6.07 Å². The van der Waals surface area contributed by atoms with Gasteiger partial charge in [0.2, 0.25) is 11.8 Å². The van der Waals surface area contributed by atoms with E-state index in [-0.39, 0.29) is 29.7 Å². The number of nitrogens with one attached hydrogen (secondary N) is 2. The van der Waals surface area contributed by atoms with Crippen LogP contribution < -0.4 is 15.4 Å². The van der Waals surface area contributed by atoms with Crippen LogP contribution in [-0.2, 0) is 9.59 Å². The van der Waals surface area contributed by atoms with Crippen LogP contribution in [0.1, 0.15) is 30.4 Å². The number of phenolic OH excluding ortho intramolecular Hbond substituents is 1. The Kier molecular flexibility index (Phi) is 7.21. The van der Waals surface area contributed by atoms with E-state index in [1.807, 2.05) is 31.2 Å². The number of phenols is 1. The lowest BCUT2D eigenvalue weighted by molar-refractivity contribution is -0.121. The van der Waals surface area contributed by atoms with Crippen LogP contribution in [0.4, 0.5) is 5.69 Å². The minimum absolute atomic E-state index is 0.00387. The number of carbonyl (C=O) groups is 2. The maximum atomic E-state index is 12.4. The minimum Gasteiger partial charge on any atom is -0.504 e. The van der Waals surface area contributed by atoms with Crippen molar-refractivity contribution >= 4 is 29.3 Å². The molecule has 1 heterocycles. The average molecular weight is 438 g/mol. The summed E-state index contributed by atoms with van der Waals surface area (Å²) in [6.07, 6.45) is 0.0959. The quantitative estimate of drug-likeness (QED) is 0.607. The van der Waals surface area contributed by atoms with Gasteiger partial charge in [-0.2, -0.15) is 5.26 Å². The molecule has 0 fully saturated rings. The van der Waals surface area contributed by atoms with Gasteiger partial charge in [0.15, 0.2) is 11.5 Å². The van der Waals surface area contributed by atoms with E-state index < -0.39 is 5.92 Å². The number of nitriles is 1. The third-order valence-electron chi connectivity index (χ3n) is 4.81. The molecule has 7 nitrogen and oxygen atoms in total. The monoisotopic (exact) mass is 437 g/mol. The molecule has 2 aromatic carbocycles. The normalized spacial score (nSPS) is 15.8. The molecule has 3 N–H and O–H groups in total. The lowest BCUT2D eigenvalue weighted by Gasteiger charge is -2.25. The molecule has 0 saturated carbocycles. The Hall–Kier alpha value is -3.44. The van der Waals surface area contributed by atoms with Crippen LogP contribution in [0.25, 0.3) is 0 Å². The van der Waals surface area contributed by atoms with Crippen LogP contribution in [0, 0.1) is 18.3 Å². The topological polar surface area (TPSA) is 111 Å². The van der Waals surface area contributed by atoms with Crippen molar-refractivity contribution in [1.29, 1.82) is 5.26 Å². The summed E-state index contributed by atoms with van der Waals surface area (Å²) < 4.78 is 5.43. The van der Waals surface area contributed by atoms with E-state index in [2.05, 4.69) is 16.7 Å². The molecular formula is C23H23N3O4S. The molecular weight excluding hydrogens is 414 g/mol. The van der Waals surface area contributed by atoms with Gasteiger partial charge in [-0.1, -0.05) is 36.0 Å². The van der Waals surface area contributed by atoms with Gasteiger partial charge in [0.1, 0.15) is 0 Å². The van der Waals surface area contributed by atoms with Crippen LogP contribution in [-0.4, -0.2) is 29.3 Å². The highest BCUT2D eigenvalue weighted by atomic mass is 32.2. The summed E-state index contributed by atoms with van der Waals surface area (Å²) in [5, 5.41) is 25.7. The largest absolute Gasteiger partial charge is 0.504 e. The fourth-order valence-corrected chi connectivity index (χ4v) is 4.15. The molecule has 0 aliphatic carbocycles. The Labute approximate surface area is 185 Å². The first-order valence-electron chi connectivity index (χ1n) is 9.81. The van der Waals surface area contributed by atoms with Crippen molar-refractivity contribution in [3.05, 3.63) is 64.2 Å². The van der Waals surface area contributed by atoms with E-state index in [4.69, 9.17) is 4.74 Å². The number of thioether (sulfide) groups is 1. The van der Waals surface area contributed by atoms with Gasteiger partial charge < -0.3 is 20.5 Å². The molecule has 0 unspecified atom stereocenters. The second kappa shape index (κ2) is 10.0. The highest BCUT2D eigenvalue weighted by Crippen LogP contribution is 2.39. The van der Waals surface area contributed by atoms with Crippen LogP contribution in [0.15, 0.2) is 53.1 Å². The number of rotatable bonds is 7. The van der Waals surface area contributed by atoms with Gasteiger partial charge in [0.05, 0.1) is 29.0 Å². The molecule has 0 spiro atoms. The van der Waals surface area contributed by atoms with Gasteiger partial charge in [-0.25, -0.2) is 0 Å². The predicted molar refractivity (Wildman–Crippen MR) is 120 cm³/mol. The van der Waals surface area contributed by atoms with E-state index >= 15 is 0 Å². The van der Waals surface area contributed by atoms with Crippen LogP contribution in [0.3, 0.4) is 0 Å². The van der Waals surface area contributed by atoms with Gasteiger partial charge in [0, 0.05) is 18.0 Å². The number of anilines is 1. The molecule has 1 atom stereocenters. The predicted octanol–water partition coefficient (Wildman–Crippen LogP) is 3.81. The Balaban J connectivity index is 1.80. The fraction of sp³-hybridized carbons (Fsp3) is 0.261. The Morgan fingerprint density at radius 3 is 2.84 bits per heavy atom. The Morgan fingerprint density at radius 1 is 1.35 bits per heavy atom. The minimum atomic E-state index is -0.486. The zero-order valence-corrected chi connectivity index (χ0v) is 18.1. The van der Waals surface area contributed by atoms with Crippen molar-refractivity contribution in [1.82, 2.24) is 5.32 Å². The van der Waals surface area contributed by atoms with Crippen molar-refractivity contribution < 1.29 is 19.4 Å². The van der Waals surface area contributed by atoms with E-state index in [9.17, 15) is 20.0 Å². The number of para-hydroxylation sites is 1. The highest BCUT2D eigenvalue weighted by molar-refractivity contribution is 8.03. The van der Waals surface area contributed by atoms with Crippen LogP contribution >= 0.6 is 11.8 Å². The maximum Gasteiger partial charge on any atom is 0.234 e. The van der Waals surface area contributed by atoms with E-state index in [0.717, 1.165) is 23.0 Å². The lowest BCUT2D eigenvalue weighted by Crippen LogP contribution is -2.31. The molecule has 31 heavy (non-hydrogen) atoms. The highest BCUT2D eigenvalue weighted by Gasteiger charge is 2.30. The van der Waals surface area contributed by atoms with Crippen molar-refractivity contribution in [2.45, 2.75) is 26.2 Å². The van der Waals surface area contributed by atoms with Crippen molar-refractivity contribution in [3.63, 3.8) is 0 Å². The number of hydrogen-bond acceptors (Lipinski definition) is 6. The van der Waals surface area contributed by atoms with Crippen LogP contribution in [0.5, 0.6) is 11.5 Å². The molecule has 2 amide bonds. The second-order valence-electron chi connectivity index (χ2n) is 6.97. The van der Waals surface area contributed by atoms with Crippen LogP contribution in [0.2, 0.25) is 0 Å². The third-order valence-corrected chi connectivity index (χ3v) is 5.83. The molecule has 0 saturated heterocycles. The number of allylic oxidation sites excluding steroid dienone is 1. The Bertz CT molecular complexity index is 1070. The molecule has 0 aromatic heterocycles. The van der Waals surface area contributed by atoms with E-state index in [0.29, 0.717) is 28.5 Å². The van der Waals surface area contributed by atoms with Gasteiger partial charge in [-0.15, -0.1) is 0 Å². The number of hydrogen-bond donors (Lipinski definition) is 3. The maximum absolute atomic E-state index is 12.4. The standard InChI is InChI=1S/C23H23N3O4S/c1-3-30-20-10-15(8-9-19(20)27)16-11-21(28)26-23(17(16)12-24)31-13-22(29)25-18-7-5-4-6-14(18)2/h4-10,16,27H,3,11,13H2,1-2H3,(H,25,29)(H,26,28)/t16-/m0/s1. The first-order valence-corrected chi connectivity index (χ1v) is 10.8. The summed E-state index contributed by atoms with van der Waals surface area (Å²) in [5.74, 6) is -0.617. The van der Waals surface area contributed by atoms with E-state index in [1.54, 1.807) is 19.1 Å². The third kappa shape index (κ3) is 5.38. The molecule has 8 heteroatoms. The summed E-state index contributed by atoms with van der Waals surface area (Å²) in [6, 6.07) is 14.4. The number of nitrogens with zero attached hydrogens (tertiary/aromatic N) is 1. The molecule has 160 valence electrons. The second-order valence-corrected chi connectivity index (χ2v) is 7.96. The summed E-state index contributed by atoms with van der Waals surface area (Å²) in [5.41, 5.74) is 2.73.